The Hall–Kier alpha value is -0.420. The van der Waals surface area contributed by atoms with E-state index in [0.717, 1.165) is 11.3 Å². The smallest absolute Gasteiger partial charge is 0.202 e. The summed E-state index contributed by atoms with van der Waals surface area (Å²) in [5.41, 5.74) is 5.12. The molecule has 3 nitrogen and oxygen atoms in total. The van der Waals surface area contributed by atoms with Gasteiger partial charge in [-0.15, -0.1) is 11.3 Å². The molecular formula is C7H8ClNO2S. The van der Waals surface area contributed by atoms with Crippen molar-refractivity contribution in [1.82, 2.24) is 0 Å². The third-order valence-corrected chi connectivity index (χ3v) is 2.59. The number of carbonyl (C=O) groups is 1. The van der Waals surface area contributed by atoms with Gasteiger partial charge in [0.15, 0.2) is 0 Å². The van der Waals surface area contributed by atoms with Crippen LogP contribution in [0.1, 0.15) is 9.67 Å². The van der Waals surface area contributed by atoms with Gasteiger partial charge in [-0.05, 0) is 12.1 Å². The summed E-state index contributed by atoms with van der Waals surface area (Å²) in [6, 6.07) is 3.19. The molecule has 5 heteroatoms. The number of hydrogen-bond acceptors (Lipinski definition) is 4. The Bertz CT molecular complexity index is 287. The molecule has 0 aliphatic heterocycles. The Morgan fingerprint density at radius 1 is 1.75 bits per heavy atom. The molecular weight excluding hydrogens is 198 g/mol. The van der Waals surface area contributed by atoms with E-state index in [-0.39, 0.29) is 12.3 Å². The van der Waals surface area contributed by atoms with E-state index in [4.69, 9.17) is 22.4 Å². The predicted molar refractivity (Wildman–Crippen MR) is 48.7 cm³/mol. The van der Waals surface area contributed by atoms with Crippen LogP contribution in [0.25, 0.3) is 0 Å². The van der Waals surface area contributed by atoms with Crippen molar-refractivity contribution in [3.63, 3.8) is 0 Å². The van der Waals surface area contributed by atoms with E-state index in [2.05, 4.69) is 0 Å². The van der Waals surface area contributed by atoms with Crippen LogP contribution in [0.2, 0.25) is 4.34 Å². The third kappa shape index (κ3) is 2.04. The highest BCUT2D eigenvalue weighted by Gasteiger charge is 2.16. The van der Waals surface area contributed by atoms with Crippen molar-refractivity contribution < 1.29 is 9.90 Å². The highest BCUT2D eigenvalue weighted by molar-refractivity contribution is 7.18. The third-order valence-electron chi connectivity index (χ3n) is 1.34. The van der Waals surface area contributed by atoms with Crippen molar-refractivity contribution in [3.05, 3.63) is 21.3 Å². The predicted octanol–water partition coefficient (Wildman–Crippen LogP) is 0.904. The fraction of sp³-hybridized carbons (Fsp3) is 0.286. The maximum atomic E-state index is 11.2. The summed E-state index contributed by atoms with van der Waals surface area (Å²) in [5, 5.41) is 9.08. The van der Waals surface area contributed by atoms with Crippen molar-refractivity contribution in [1.29, 1.82) is 0 Å². The molecule has 1 atom stereocenters. The van der Waals surface area contributed by atoms with Gasteiger partial charge in [0.2, 0.25) is 5.78 Å². The van der Waals surface area contributed by atoms with Crippen LogP contribution in [0.5, 0.6) is 0 Å². The lowest BCUT2D eigenvalue weighted by Crippen LogP contribution is -2.28. The van der Waals surface area contributed by atoms with Crippen molar-refractivity contribution in [3.8, 4) is 0 Å². The van der Waals surface area contributed by atoms with Crippen LogP contribution in [0.3, 0.4) is 0 Å². The first kappa shape index (κ1) is 9.67. The number of carbonyl (C=O) groups excluding carboxylic acids is 1. The standard InChI is InChI=1S/C7H8ClNO2S/c8-6-2-1-5(12-6)7(11)4(10)3-9/h1-2,4,10H,3,9H2. The molecule has 1 aromatic rings. The zero-order valence-corrected chi connectivity index (χ0v) is 7.73. The van der Waals surface area contributed by atoms with Gasteiger partial charge in [0.25, 0.3) is 0 Å². The van der Waals surface area contributed by atoms with Crippen LogP contribution in [-0.4, -0.2) is 23.5 Å². The van der Waals surface area contributed by atoms with E-state index in [0.29, 0.717) is 9.21 Å². The van der Waals surface area contributed by atoms with Gasteiger partial charge in [0, 0.05) is 6.54 Å². The lowest BCUT2D eigenvalue weighted by atomic mass is 10.2. The van der Waals surface area contributed by atoms with Gasteiger partial charge in [-0.2, -0.15) is 0 Å². The van der Waals surface area contributed by atoms with E-state index in [1.807, 2.05) is 0 Å². The van der Waals surface area contributed by atoms with E-state index in [9.17, 15) is 4.79 Å². The minimum atomic E-state index is -1.11. The molecule has 0 aliphatic rings. The molecule has 0 spiro atoms. The molecule has 66 valence electrons. The molecule has 0 fully saturated rings. The summed E-state index contributed by atoms with van der Waals surface area (Å²) in [4.78, 5) is 11.7. The van der Waals surface area contributed by atoms with E-state index in [1.165, 1.54) is 0 Å². The minimum absolute atomic E-state index is 0.0612. The Balaban J connectivity index is 2.78. The second-order valence-corrected chi connectivity index (χ2v) is 3.93. The van der Waals surface area contributed by atoms with E-state index in [1.54, 1.807) is 12.1 Å². The van der Waals surface area contributed by atoms with Crippen molar-refractivity contribution in [2.75, 3.05) is 6.54 Å². The number of aliphatic hydroxyl groups is 1. The number of rotatable bonds is 3. The second kappa shape index (κ2) is 4.00. The van der Waals surface area contributed by atoms with Crippen LogP contribution >= 0.6 is 22.9 Å². The van der Waals surface area contributed by atoms with Gasteiger partial charge >= 0.3 is 0 Å². The van der Waals surface area contributed by atoms with Crippen LogP contribution in [0, 0.1) is 0 Å². The van der Waals surface area contributed by atoms with Crippen LogP contribution in [0.15, 0.2) is 12.1 Å². The Labute approximate surface area is 78.8 Å². The molecule has 0 bridgehead atoms. The first-order valence-electron chi connectivity index (χ1n) is 3.33. The maximum absolute atomic E-state index is 11.2. The monoisotopic (exact) mass is 205 g/mol. The quantitative estimate of drug-likeness (QED) is 0.721. The number of nitrogens with two attached hydrogens (primary N) is 1. The molecule has 0 saturated carbocycles. The Kier molecular flexibility index (Phi) is 3.22. The molecule has 0 saturated heterocycles. The number of Topliss-reactive ketones (excluding diaryl/α,β-unsaturated/α-hetero) is 1. The summed E-state index contributed by atoms with van der Waals surface area (Å²) in [6.07, 6.45) is -1.11. The number of halogens is 1. The zero-order valence-electron chi connectivity index (χ0n) is 6.16. The van der Waals surface area contributed by atoms with Crippen molar-refractivity contribution >= 4 is 28.7 Å². The molecule has 0 radical (unpaired) electrons. The first-order valence-corrected chi connectivity index (χ1v) is 4.52. The summed E-state index contributed by atoms with van der Waals surface area (Å²) < 4.78 is 0.530. The van der Waals surface area contributed by atoms with Gasteiger partial charge in [-0.1, -0.05) is 11.6 Å². The minimum Gasteiger partial charge on any atom is -0.384 e. The van der Waals surface area contributed by atoms with Crippen LogP contribution < -0.4 is 5.73 Å². The molecule has 1 unspecified atom stereocenters. The SMILES string of the molecule is NCC(O)C(=O)c1ccc(Cl)s1. The lowest BCUT2D eigenvalue weighted by Gasteiger charge is -2.02. The summed E-state index contributed by atoms with van der Waals surface area (Å²) in [6.45, 7) is -0.0612. The van der Waals surface area contributed by atoms with Crippen LogP contribution in [0.4, 0.5) is 0 Å². The molecule has 3 N–H and O–H groups in total. The van der Waals surface area contributed by atoms with Gasteiger partial charge in [0.05, 0.1) is 9.21 Å². The summed E-state index contributed by atoms with van der Waals surface area (Å²) in [5.74, 6) is -0.366. The average Bonchev–Trinajstić information content (AvgIpc) is 2.49. The molecule has 1 aromatic heterocycles. The molecule has 1 heterocycles. The van der Waals surface area contributed by atoms with Gasteiger partial charge in [-0.25, -0.2) is 0 Å². The summed E-state index contributed by atoms with van der Waals surface area (Å²) >= 11 is 6.75. The largest absolute Gasteiger partial charge is 0.384 e. The molecule has 12 heavy (non-hydrogen) atoms. The second-order valence-electron chi connectivity index (χ2n) is 2.22. The van der Waals surface area contributed by atoms with Crippen LogP contribution in [-0.2, 0) is 0 Å². The maximum Gasteiger partial charge on any atom is 0.202 e. The van der Waals surface area contributed by atoms with Gasteiger partial charge in [-0.3, -0.25) is 4.79 Å². The topological polar surface area (TPSA) is 63.3 Å². The number of thiophene rings is 1. The number of ketones is 1. The fourth-order valence-electron chi connectivity index (χ4n) is 0.718. The highest BCUT2D eigenvalue weighted by atomic mass is 35.5. The number of hydrogen-bond donors (Lipinski definition) is 2. The summed E-state index contributed by atoms with van der Waals surface area (Å²) in [7, 11) is 0. The Morgan fingerprint density at radius 3 is 2.83 bits per heavy atom. The number of aliphatic hydroxyl groups excluding tert-OH is 1. The highest BCUT2D eigenvalue weighted by Crippen LogP contribution is 2.22. The first-order chi connectivity index (χ1) is 5.65. The molecule has 0 aromatic carbocycles. The van der Waals surface area contributed by atoms with Crippen molar-refractivity contribution in [2.24, 2.45) is 5.73 Å². The van der Waals surface area contributed by atoms with E-state index < -0.39 is 6.10 Å². The van der Waals surface area contributed by atoms with E-state index >= 15 is 0 Å². The lowest BCUT2D eigenvalue weighted by molar-refractivity contribution is 0.0767. The van der Waals surface area contributed by atoms with Crippen molar-refractivity contribution in [2.45, 2.75) is 6.10 Å². The van der Waals surface area contributed by atoms with Gasteiger partial charge < -0.3 is 10.8 Å². The molecule has 0 aliphatic carbocycles. The molecule has 0 amide bonds. The average molecular weight is 206 g/mol. The fourth-order valence-corrected chi connectivity index (χ4v) is 1.75. The Morgan fingerprint density at radius 2 is 2.42 bits per heavy atom. The zero-order chi connectivity index (χ0) is 9.14. The van der Waals surface area contributed by atoms with Gasteiger partial charge in [0.1, 0.15) is 6.10 Å². The normalized spacial score (nSPS) is 12.9. The molecule has 1 rings (SSSR count).